The molecule has 96 valence electrons. The van der Waals surface area contributed by atoms with Crippen LogP contribution in [0.15, 0.2) is 0 Å². The molecule has 0 saturated heterocycles. The number of sulfonamides is 1. The Hall–Kier alpha value is -0.130. The molecular weight excluding hydrogens is 226 g/mol. The van der Waals surface area contributed by atoms with Crippen molar-refractivity contribution in [1.82, 2.24) is 4.72 Å². The molecule has 2 N–H and O–H groups in total. The summed E-state index contributed by atoms with van der Waals surface area (Å²) in [5.41, 5.74) is 0. The minimum absolute atomic E-state index is 0.0673. The summed E-state index contributed by atoms with van der Waals surface area (Å²) in [6.45, 7) is 3.36. The normalized spacial score (nSPS) is 28.9. The molecule has 1 saturated carbocycles. The van der Waals surface area contributed by atoms with Crippen LogP contribution < -0.4 is 4.72 Å². The van der Waals surface area contributed by atoms with Crippen molar-refractivity contribution in [2.45, 2.75) is 57.2 Å². The van der Waals surface area contributed by atoms with Crippen LogP contribution in [0, 0.1) is 5.92 Å². The van der Waals surface area contributed by atoms with E-state index in [1.165, 1.54) is 13.3 Å². The van der Waals surface area contributed by atoms with E-state index < -0.39 is 15.3 Å². The highest BCUT2D eigenvalue weighted by atomic mass is 32.2. The highest BCUT2D eigenvalue weighted by Gasteiger charge is 2.27. The van der Waals surface area contributed by atoms with Gasteiger partial charge >= 0.3 is 0 Å². The van der Waals surface area contributed by atoms with Gasteiger partial charge in [-0.2, -0.15) is 0 Å². The van der Waals surface area contributed by atoms with Crippen molar-refractivity contribution >= 4 is 10.0 Å². The summed E-state index contributed by atoms with van der Waals surface area (Å²) in [5.74, 6) is 0.644. The van der Waals surface area contributed by atoms with Gasteiger partial charge in [0, 0.05) is 6.04 Å². The van der Waals surface area contributed by atoms with Gasteiger partial charge in [0.05, 0.1) is 11.9 Å². The third-order valence-electron chi connectivity index (χ3n) is 3.48. The Bertz CT molecular complexity index is 302. The lowest BCUT2D eigenvalue weighted by molar-refractivity contribution is 0.286. The van der Waals surface area contributed by atoms with Gasteiger partial charge in [0.15, 0.2) is 0 Å². The second-order valence-electron chi connectivity index (χ2n) is 4.79. The van der Waals surface area contributed by atoms with Crippen LogP contribution in [0.25, 0.3) is 0 Å². The Morgan fingerprint density at radius 3 is 2.69 bits per heavy atom. The highest BCUT2D eigenvalue weighted by Crippen LogP contribution is 2.27. The van der Waals surface area contributed by atoms with E-state index >= 15 is 0 Å². The Morgan fingerprint density at radius 2 is 2.12 bits per heavy atom. The third kappa shape index (κ3) is 3.71. The molecule has 0 spiro atoms. The Labute approximate surface area is 98.5 Å². The third-order valence-corrected chi connectivity index (χ3v) is 5.35. The van der Waals surface area contributed by atoms with Gasteiger partial charge in [-0.15, -0.1) is 0 Å². The summed E-state index contributed by atoms with van der Waals surface area (Å²) in [4.78, 5) is 0. The quantitative estimate of drug-likeness (QED) is 0.771. The number of aliphatic hydroxyl groups excluding tert-OH is 1. The molecule has 0 aromatic carbocycles. The lowest BCUT2D eigenvalue weighted by Gasteiger charge is -2.29. The van der Waals surface area contributed by atoms with Crippen LogP contribution in [0.5, 0.6) is 0 Å². The molecule has 0 amide bonds. The van der Waals surface area contributed by atoms with Gasteiger partial charge < -0.3 is 5.11 Å². The van der Waals surface area contributed by atoms with Gasteiger partial charge in [-0.05, 0) is 25.7 Å². The second-order valence-corrected chi connectivity index (χ2v) is 6.92. The lowest BCUT2D eigenvalue weighted by atomic mass is 9.85. The fourth-order valence-corrected chi connectivity index (χ4v) is 3.32. The topological polar surface area (TPSA) is 66.4 Å². The molecule has 1 rings (SSSR count). The van der Waals surface area contributed by atoms with E-state index in [2.05, 4.69) is 11.6 Å². The molecule has 5 heteroatoms. The smallest absolute Gasteiger partial charge is 0.216 e. The Balaban J connectivity index is 2.53. The number of aliphatic hydroxyl groups is 1. The molecule has 0 aromatic heterocycles. The first-order valence-electron chi connectivity index (χ1n) is 6.11. The number of hydrogen-bond donors (Lipinski definition) is 2. The van der Waals surface area contributed by atoms with Gasteiger partial charge in [0.25, 0.3) is 0 Å². The Kier molecular flexibility index (Phi) is 5.21. The molecule has 1 aliphatic carbocycles. The SMILES string of the molecule is CCC1CCCC(NS(=O)(=O)C(C)CO)C1. The van der Waals surface area contributed by atoms with E-state index in [1.807, 2.05) is 0 Å². The largest absolute Gasteiger partial charge is 0.395 e. The van der Waals surface area contributed by atoms with E-state index in [0.717, 1.165) is 25.7 Å². The molecule has 3 atom stereocenters. The van der Waals surface area contributed by atoms with Crippen LogP contribution in [0.1, 0.15) is 46.0 Å². The minimum atomic E-state index is -3.34. The number of rotatable bonds is 5. The molecule has 0 aliphatic heterocycles. The summed E-state index contributed by atoms with van der Waals surface area (Å²) in [5, 5.41) is 8.17. The number of nitrogens with one attached hydrogen (secondary N) is 1. The molecule has 16 heavy (non-hydrogen) atoms. The summed E-state index contributed by atoms with van der Waals surface area (Å²) >= 11 is 0. The van der Waals surface area contributed by atoms with Gasteiger partial charge in [-0.3, -0.25) is 0 Å². The van der Waals surface area contributed by atoms with Gasteiger partial charge in [0.2, 0.25) is 10.0 Å². The standard InChI is InChI=1S/C11H23NO3S/c1-3-10-5-4-6-11(7-10)12-16(14,15)9(2)8-13/h9-13H,3-8H2,1-2H3. The average Bonchev–Trinajstić information content (AvgIpc) is 2.27. The zero-order valence-electron chi connectivity index (χ0n) is 10.1. The fraction of sp³-hybridized carbons (Fsp3) is 1.00. The molecule has 4 nitrogen and oxygen atoms in total. The van der Waals surface area contributed by atoms with Gasteiger partial charge in [-0.25, -0.2) is 13.1 Å². The van der Waals surface area contributed by atoms with Crippen LogP contribution in [0.4, 0.5) is 0 Å². The number of hydrogen-bond acceptors (Lipinski definition) is 3. The van der Waals surface area contributed by atoms with Crippen LogP contribution in [0.3, 0.4) is 0 Å². The predicted molar refractivity (Wildman–Crippen MR) is 64.6 cm³/mol. The molecular formula is C11H23NO3S. The van der Waals surface area contributed by atoms with Crippen molar-refractivity contribution in [3.05, 3.63) is 0 Å². The maximum absolute atomic E-state index is 11.8. The molecule has 0 heterocycles. The molecule has 3 unspecified atom stereocenters. The summed E-state index contributed by atoms with van der Waals surface area (Å²) in [6, 6.07) is 0.0673. The summed E-state index contributed by atoms with van der Waals surface area (Å²) < 4.78 is 26.2. The van der Waals surface area contributed by atoms with Crippen LogP contribution >= 0.6 is 0 Å². The summed E-state index contributed by atoms with van der Waals surface area (Å²) in [7, 11) is -3.34. The lowest BCUT2D eigenvalue weighted by Crippen LogP contribution is -2.43. The van der Waals surface area contributed by atoms with Crippen molar-refractivity contribution < 1.29 is 13.5 Å². The van der Waals surface area contributed by atoms with Gasteiger partial charge in [0.1, 0.15) is 0 Å². The monoisotopic (exact) mass is 249 g/mol. The first kappa shape index (κ1) is 13.9. The van der Waals surface area contributed by atoms with E-state index in [-0.39, 0.29) is 12.6 Å². The zero-order valence-corrected chi connectivity index (χ0v) is 11.0. The van der Waals surface area contributed by atoms with E-state index in [9.17, 15) is 8.42 Å². The molecule has 1 aliphatic rings. The minimum Gasteiger partial charge on any atom is -0.395 e. The van der Waals surface area contributed by atoms with Crippen molar-refractivity contribution in [2.75, 3.05) is 6.61 Å². The zero-order chi connectivity index (χ0) is 12.2. The average molecular weight is 249 g/mol. The molecule has 1 fully saturated rings. The first-order valence-corrected chi connectivity index (χ1v) is 7.66. The van der Waals surface area contributed by atoms with Gasteiger partial charge in [-0.1, -0.05) is 26.2 Å². The van der Waals surface area contributed by atoms with Crippen molar-refractivity contribution in [3.8, 4) is 0 Å². The Morgan fingerprint density at radius 1 is 1.44 bits per heavy atom. The molecule has 0 bridgehead atoms. The highest BCUT2D eigenvalue weighted by molar-refractivity contribution is 7.90. The molecule has 0 aromatic rings. The molecule has 0 radical (unpaired) electrons. The fourth-order valence-electron chi connectivity index (χ4n) is 2.22. The van der Waals surface area contributed by atoms with E-state index in [1.54, 1.807) is 0 Å². The maximum Gasteiger partial charge on any atom is 0.216 e. The van der Waals surface area contributed by atoms with Crippen LogP contribution in [-0.2, 0) is 10.0 Å². The van der Waals surface area contributed by atoms with E-state index in [0.29, 0.717) is 5.92 Å². The van der Waals surface area contributed by atoms with Crippen molar-refractivity contribution in [2.24, 2.45) is 5.92 Å². The van der Waals surface area contributed by atoms with E-state index in [4.69, 9.17) is 5.11 Å². The van der Waals surface area contributed by atoms with Crippen molar-refractivity contribution in [1.29, 1.82) is 0 Å². The summed E-state index contributed by atoms with van der Waals surface area (Å²) in [6.07, 6.45) is 5.29. The van der Waals surface area contributed by atoms with Crippen molar-refractivity contribution in [3.63, 3.8) is 0 Å². The van der Waals surface area contributed by atoms with Crippen LogP contribution in [-0.4, -0.2) is 31.4 Å². The predicted octanol–water partition coefficient (Wildman–Crippen LogP) is 1.26. The second kappa shape index (κ2) is 5.98. The van der Waals surface area contributed by atoms with Crippen LogP contribution in [0.2, 0.25) is 0 Å². The maximum atomic E-state index is 11.8. The first-order chi connectivity index (χ1) is 7.49.